The number of amides is 3. The number of carbonyl (C=O) groups excluding carboxylic acids is 3. The molecule has 7 nitrogen and oxygen atoms in total. The van der Waals surface area contributed by atoms with Gasteiger partial charge in [-0.25, -0.2) is 0 Å². The molecule has 4 N–H and O–H groups in total. The third-order valence-corrected chi connectivity index (χ3v) is 3.72. The monoisotopic (exact) mass is 366 g/mol. The molecule has 0 aromatic heterocycles. The Labute approximate surface area is 157 Å². The first-order chi connectivity index (χ1) is 12.9. The van der Waals surface area contributed by atoms with Gasteiger partial charge in [0, 0.05) is 23.1 Å². The van der Waals surface area contributed by atoms with E-state index in [1.165, 1.54) is 6.08 Å². The molecule has 27 heavy (non-hydrogen) atoms. The van der Waals surface area contributed by atoms with Crippen molar-refractivity contribution in [3.8, 4) is 0 Å². The summed E-state index contributed by atoms with van der Waals surface area (Å²) in [7, 11) is 0. The van der Waals surface area contributed by atoms with Crippen LogP contribution in [-0.4, -0.2) is 17.7 Å². The molecule has 0 spiro atoms. The summed E-state index contributed by atoms with van der Waals surface area (Å²) >= 11 is 0. The SMILES string of the molecule is CC(=CC(=O)Nc1ccccc1C)NNC(=O)C(=O)Nc1ccccc1C. The van der Waals surface area contributed by atoms with E-state index in [0.29, 0.717) is 17.1 Å². The first-order valence-electron chi connectivity index (χ1n) is 8.34. The molecule has 0 aliphatic carbocycles. The number of allylic oxidation sites excluding steroid dienone is 1. The van der Waals surface area contributed by atoms with Gasteiger partial charge in [-0.2, -0.15) is 0 Å². The van der Waals surface area contributed by atoms with Crippen LogP contribution in [0.15, 0.2) is 60.3 Å². The maximum atomic E-state index is 12.0. The minimum absolute atomic E-state index is 0.354. The minimum Gasteiger partial charge on any atom is -0.322 e. The second-order valence-electron chi connectivity index (χ2n) is 5.98. The Bertz CT molecular complexity index is 890. The van der Waals surface area contributed by atoms with Gasteiger partial charge in [-0.3, -0.25) is 19.8 Å². The second-order valence-corrected chi connectivity index (χ2v) is 5.98. The summed E-state index contributed by atoms with van der Waals surface area (Å²) in [4.78, 5) is 35.8. The first kappa shape index (κ1) is 19.7. The Morgan fingerprint density at radius 1 is 0.741 bits per heavy atom. The van der Waals surface area contributed by atoms with Crippen molar-refractivity contribution in [3.05, 3.63) is 71.4 Å². The molecular formula is C20H22N4O3. The normalized spacial score (nSPS) is 10.7. The smallest absolute Gasteiger partial charge is 0.322 e. The van der Waals surface area contributed by atoms with Crippen LogP contribution in [0.2, 0.25) is 0 Å². The van der Waals surface area contributed by atoms with Crippen LogP contribution in [0.4, 0.5) is 11.4 Å². The molecule has 0 fully saturated rings. The Kier molecular flexibility index (Phi) is 6.71. The van der Waals surface area contributed by atoms with Crippen molar-refractivity contribution in [2.45, 2.75) is 20.8 Å². The van der Waals surface area contributed by atoms with Crippen molar-refractivity contribution in [1.29, 1.82) is 0 Å². The van der Waals surface area contributed by atoms with E-state index in [1.54, 1.807) is 25.1 Å². The lowest BCUT2D eigenvalue weighted by Crippen LogP contribution is -2.43. The molecule has 0 saturated carbocycles. The van der Waals surface area contributed by atoms with Crippen molar-refractivity contribution in [2.75, 3.05) is 10.6 Å². The summed E-state index contributed by atoms with van der Waals surface area (Å²) in [6.07, 6.45) is 1.28. The van der Waals surface area contributed by atoms with Crippen LogP contribution >= 0.6 is 0 Å². The summed E-state index contributed by atoms with van der Waals surface area (Å²) < 4.78 is 0. The minimum atomic E-state index is -0.870. The highest BCUT2D eigenvalue weighted by molar-refractivity contribution is 6.39. The fraction of sp³-hybridized carbons (Fsp3) is 0.150. The van der Waals surface area contributed by atoms with Gasteiger partial charge in [0.15, 0.2) is 0 Å². The molecule has 0 radical (unpaired) electrons. The van der Waals surface area contributed by atoms with Crippen molar-refractivity contribution in [3.63, 3.8) is 0 Å². The number of anilines is 2. The average molecular weight is 366 g/mol. The maximum absolute atomic E-state index is 12.0. The van der Waals surface area contributed by atoms with Crippen LogP contribution in [-0.2, 0) is 14.4 Å². The highest BCUT2D eigenvalue weighted by Gasteiger charge is 2.14. The van der Waals surface area contributed by atoms with E-state index in [1.807, 2.05) is 44.2 Å². The number of rotatable bonds is 5. The van der Waals surface area contributed by atoms with Crippen molar-refractivity contribution < 1.29 is 14.4 Å². The van der Waals surface area contributed by atoms with Crippen molar-refractivity contribution >= 4 is 29.1 Å². The van der Waals surface area contributed by atoms with E-state index in [9.17, 15) is 14.4 Å². The number of benzene rings is 2. The van der Waals surface area contributed by atoms with Crippen LogP contribution in [0.5, 0.6) is 0 Å². The highest BCUT2D eigenvalue weighted by atomic mass is 16.2. The fourth-order valence-corrected chi connectivity index (χ4v) is 2.22. The molecule has 2 rings (SSSR count). The summed E-state index contributed by atoms with van der Waals surface area (Å²) in [5, 5.41) is 5.27. The predicted molar refractivity (Wildman–Crippen MR) is 105 cm³/mol. The largest absolute Gasteiger partial charge is 0.327 e. The van der Waals surface area contributed by atoms with Gasteiger partial charge in [0.2, 0.25) is 5.91 Å². The van der Waals surface area contributed by atoms with E-state index in [-0.39, 0.29) is 5.91 Å². The molecule has 2 aromatic rings. The molecule has 3 amide bonds. The van der Waals surface area contributed by atoms with E-state index in [0.717, 1.165) is 11.1 Å². The van der Waals surface area contributed by atoms with Crippen LogP contribution < -0.4 is 21.5 Å². The molecule has 2 aromatic carbocycles. The van der Waals surface area contributed by atoms with Crippen molar-refractivity contribution in [1.82, 2.24) is 10.9 Å². The summed E-state index contributed by atoms with van der Waals surface area (Å²) in [6, 6.07) is 14.5. The molecular weight excluding hydrogens is 344 g/mol. The number of hydrogen-bond acceptors (Lipinski definition) is 4. The van der Waals surface area contributed by atoms with E-state index >= 15 is 0 Å². The molecule has 0 unspecified atom stereocenters. The van der Waals surface area contributed by atoms with Gasteiger partial charge in [-0.1, -0.05) is 36.4 Å². The molecule has 0 aliphatic rings. The zero-order chi connectivity index (χ0) is 19.8. The van der Waals surface area contributed by atoms with Crippen LogP contribution in [0.25, 0.3) is 0 Å². The third kappa shape index (κ3) is 6.00. The molecule has 0 aliphatic heterocycles. The second kappa shape index (κ2) is 9.19. The summed E-state index contributed by atoms with van der Waals surface area (Å²) in [5.74, 6) is -2.04. The quantitative estimate of drug-likeness (QED) is 0.371. The lowest BCUT2D eigenvalue weighted by atomic mass is 10.2. The Morgan fingerprint density at radius 2 is 1.26 bits per heavy atom. The van der Waals surface area contributed by atoms with Gasteiger partial charge < -0.3 is 16.1 Å². The van der Waals surface area contributed by atoms with E-state index in [2.05, 4.69) is 21.5 Å². The number of para-hydroxylation sites is 2. The van der Waals surface area contributed by atoms with Gasteiger partial charge in [0.05, 0.1) is 0 Å². The zero-order valence-corrected chi connectivity index (χ0v) is 15.4. The standard InChI is InChI=1S/C20H22N4O3/c1-13-8-4-6-10-16(13)21-18(25)12-15(3)23-24-20(27)19(26)22-17-11-7-5-9-14(17)2/h4-12,23H,1-3H3,(H,21,25)(H,22,26)(H,24,27). The average Bonchev–Trinajstić information content (AvgIpc) is 2.63. The molecule has 140 valence electrons. The van der Waals surface area contributed by atoms with Crippen molar-refractivity contribution in [2.24, 2.45) is 0 Å². The molecule has 0 saturated heterocycles. The van der Waals surface area contributed by atoms with Gasteiger partial charge in [-0.05, 0) is 44.0 Å². The molecule has 7 heteroatoms. The maximum Gasteiger partial charge on any atom is 0.327 e. The number of hydrogen-bond donors (Lipinski definition) is 4. The molecule has 0 bridgehead atoms. The van der Waals surface area contributed by atoms with Gasteiger partial charge >= 0.3 is 11.8 Å². The van der Waals surface area contributed by atoms with Crippen LogP contribution in [0, 0.1) is 13.8 Å². The zero-order valence-electron chi connectivity index (χ0n) is 15.4. The Balaban J connectivity index is 1.85. The number of nitrogens with one attached hydrogen (secondary N) is 4. The van der Waals surface area contributed by atoms with E-state index in [4.69, 9.17) is 0 Å². The fourth-order valence-electron chi connectivity index (χ4n) is 2.22. The Hall–Kier alpha value is -3.61. The summed E-state index contributed by atoms with van der Waals surface area (Å²) in [6.45, 7) is 5.31. The predicted octanol–water partition coefficient (Wildman–Crippen LogP) is 2.41. The third-order valence-electron chi connectivity index (χ3n) is 3.72. The number of aryl methyl sites for hydroxylation is 2. The lowest BCUT2D eigenvalue weighted by Gasteiger charge is -2.11. The lowest BCUT2D eigenvalue weighted by molar-refractivity contribution is -0.136. The molecule has 0 atom stereocenters. The van der Waals surface area contributed by atoms with Crippen LogP contribution in [0.1, 0.15) is 18.1 Å². The number of hydrazine groups is 1. The Morgan fingerprint density at radius 3 is 1.81 bits per heavy atom. The van der Waals surface area contributed by atoms with Gasteiger partial charge in [-0.15, -0.1) is 0 Å². The topological polar surface area (TPSA) is 99.3 Å². The first-order valence-corrected chi connectivity index (χ1v) is 8.34. The highest BCUT2D eigenvalue weighted by Crippen LogP contribution is 2.13. The van der Waals surface area contributed by atoms with Crippen LogP contribution in [0.3, 0.4) is 0 Å². The number of carbonyl (C=O) groups is 3. The summed E-state index contributed by atoms with van der Waals surface area (Å²) in [5.41, 5.74) is 8.20. The van der Waals surface area contributed by atoms with E-state index < -0.39 is 11.8 Å². The molecule has 0 heterocycles. The van der Waals surface area contributed by atoms with Gasteiger partial charge in [0.25, 0.3) is 0 Å². The van der Waals surface area contributed by atoms with Gasteiger partial charge in [0.1, 0.15) is 0 Å².